The molecule has 2 aromatic rings. The zero-order chi connectivity index (χ0) is 49.8. The van der Waals surface area contributed by atoms with Gasteiger partial charge in [-0.15, -0.1) is 0 Å². The molecule has 0 aromatic heterocycles. The number of hydrogen-bond donors (Lipinski definition) is 6. The van der Waals surface area contributed by atoms with Crippen LogP contribution in [-0.2, 0) is 41.6 Å². The lowest BCUT2D eigenvalue weighted by Gasteiger charge is -2.33. The summed E-state index contributed by atoms with van der Waals surface area (Å²) < 4.78 is 12.8. The zero-order valence-corrected chi connectivity index (χ0v) is 42.4. The van der Waals surface area contributed by atoms with E-state index in [-0.39, 0.29) is 59.4 Å². The van der Waals surface area contributed by atoms with Gasteiger partial charge >= 0.3 is 0 Å². The van der Waals surface area contributed by atoms with Gasteiger partial charge in [-0.1, -0.05) is 52.0 Å². The van der Waals surface area contributed by atoms with Crippen LogP contribution in [0.15, 0.2) is 36.4 Å². The Balaban J connectivity index is 0.966. The fourth-order valence-corrected chi connectivity index (χ4v) is 10.3. The third-order valence-corrected chi connectivity index (χ3v) is 14.7. The highest BCUT2D eigenvalue weighted by atomic mass is 16.5. The molecule has 2 aromatic carbocycles. The number of unbranched alkanes of at least 4 members (excludes halogenated alkanes) is 2. The fourth-order valence-electron chi connectivity index (χ4n) is 10.3. The quantitative estimate of drug-likeness (QED) is 0.0894. The molecule has 2 aliphatic carbocycles. The molecule has 2 aliphatic heterocycles. The van der Waals surface area contributed by atoms with E-state index in [1.54, 1.807) is 37.7 Å². The molecule has 2 fully saturated rings. The van der Waals surface area contributed by atoms with Crippen LogP contribution in [0.1, 0.15) is 147 Å². The van der Waals surface area contributed by atoms with Crippen LogP contribution < -0.4 is 41.4 Å². The summed E-state index contributed by atoms with van der Waals surface area (Å²) in [6, 6.07) is 8.26. The van der Waals surface area contributed by atoms with Crippen molar-refractivity contribution in [1.82, 2.24) is 41.7 Å². The van der Waals surface area contributed by atoms with E-state index in [1.165, 1.54) is 0 Å². The summed E-state index contributed by atoms with van der Waals surface area (Å²) in [6.45, 7) is 13.2. The van der Waals surface area contributed by atoms with Crippen LogP contribution in [0.2, 0.25) is 0 Å². The number of nitrogens with one attached hydrogen (secondary N) is 6. The Kier molecular flexibility index (Phi) is 19.3. The Labute approximate surface area is 409 Å². The molecule has 69 heavy (non-hydrogen) atoms. The van der Waals surface area contributed by atoms with Gasteiger partial charge in [0.25, 0.3) is 0 Å². The maximum absolute atomic E-state index is 13.9. The molecular weight excluding hydrogens is 877 g/mol. The minimum absolute atomic E-state index is 0.138. The first-order valence-corrected chi connectivity index (χ1v) is 25.8. The molecule has 0 bridgehead atoms. The number of likely N-dealkylation sites (N-methyl/N-ethyl adjacent to an activating group) is 2. The second-order valence-electron chi connectivity index (χ2n) is 20.2. The van der Waals surface area contributed by atoms with Crippen molar-refractivity contribution in [3.05, 3.63) is 58.7 Å². The predicted octanol–water partition coefficient (Wildman–Crippen LogP) is 4.78. The monoisotopic (exact) mass is 957 g/mol. The second-order valence-corrected chi connectivity index (χ2v) is 20.2. The van der Waals surface area contributed by atoms with E-state index in [0.717, 1.165) is 104 Å². The topological polar surface area (TPSA) is 200 Å². The van der Waals surface area contributed by atoms with Gasteiger partial charge in [0.1, 0.15) is 35.7 Å². The maximum atomic E-state index is 13.9. The minimum atomic E-state index is -0.717. The highest BCUT2D eigenvalue weighted by Crippen LogP contribution is 2.38. The summed E-state index contributed by atoms with van der Waals surface area (Å²) in [5, 5.41) is 18.2. The Hall–Kier alpha value is -5.22. The predicted molar refractivity (Wildman–Crippen MR) is 265 cm³/mol. The lowest BCUT2D eigenvalue weighted by atomic mass is 9.87. The number of likely N-dealkylation sites (tertiary alicyclic amines) is 2. The van der Waals surface area contributed by atoms with E-state index in [2.05, 4.69) is 44.0 Å². The van der Waals surface area contributed by atoms with E-state index in [9.17, 15) is 28.8 Å². The molecule has 6 rings (SSSR count). The van der Waals surface area contributed by atoms with Gasteiger partial charge < -0.3 is 51.2 Å². The molecule has 1 unspecified atom stereocenters. The third-order valence-electron chi connectivity index (χ3n) is 14.7. The summed E-state index contributed by atoms with van der Waals surface area (Å²) >= 11 is 0. The van der Waals surface area contributed by atoms with Crippen LogP contribution >= 0.6 is 0 Å². The molecule has 6 amide bonds. The van der Waals surface area contributed by atoms with Crippen LogP contribution in [0.5, 0.6) is 11.5 Å². The van der Waals surface area contributed by atoms with Crippen molar-refractivity contribution in [2.24, 2.45) is 11.8 Å². The van der Waals surface area contributed by atoms with E-state index in [1.807, 2.05) is 52.0 Å². The first-order valence-electron chi connectivity index (χ1n) is 25.8. The molecule has 16 heteroatoms. The van der Waals surface area contributed by atoms with E-state index in [0.29, 0.717) is 39.1 Å². The van der Waals surface area contributed by atoms with Crippen LogP contribution in [0.25, 0.3) is 0 Å². The number of amides is 6. The maximum Gasteiger partial charge on any atom is 0.246 e. The number of carbonyl (C=O) groups excluding carboxylic acids is 6. The summed E-state index contributed by atoms with van der Waals surface area (Å²) in [5.41, 5.74) is 4.36. The molecule has 16 nitrogen and oxygen atoms in total. The summed E-state index contributed by atoms with van der Waals surface area (Å²) in [5.74, 6) is 0.170. The van der Waals surface area contributed by atoms with Crippen molar-refractivity contribution in [3.63, 3.8) is 0 Å². The Morgan fingerprint density at radius 3 is 1.35 bits per heavy atom. The summed E-state index contributed by atoms with van der Waals surface area (Å²) in [6.07, 6.45) is 10.4. The lowest BCUT2D eigenvalue weighted by Crippen LogP contribution is -2.57. The van der Waals surface area contributed by atoms with E-state index < -0.39 is 36.3 Å². The summed E-state index contributed by atoms with van der Waals surface area (Å²) in [7, 11) is 3.40. The molecular formula is C53H80N8O8. The molecule has 0 spiro atoms. The third kappa shape index (κ3) is 13.2. The average Bonchev–Trinajstić information content (AvgIpc) is 4.05. The van der Waals surface area contributed by atoms with E-state index >= 15 is 0 Å². The van der Waals surface area contributed by atoms with Crippen LogP contribution in [-0.4, -0.2) is 122 Å². The molecule has 2 heterocycles. The van der Waals surface area contributed by atoms with Crippen molar-refractivity contribution >= 4 is 35.4 Å². The van der Waals surface area contributed by atoms with Crippen molar-refractivity contribution < 1.29 is 38.2 Å². The highest BCUT2D eigenvalue weighted by molar-refractivity contribution is 5.95. The van der Waals surface area contributed by atoms with Gasteiger partial charge in [0, 0.05) is 13.1 Å². The number of hydrogen-bond acceptors (Lipinski definition) is 10. The van der Waals surface area contributed by atoms with E-state index in [4.69, 9.17) is 9.47 Å². The number of rotatable bonds is 22. The SMILES string of the molecule is CN[C@@H](C)C(=O)NC(C(=O)N1CCC[C@H]1C(=O)N[C@@H]1CCCc2c(OCCCCCOc3cccc4c3CCC[C@H]4NC(=O)[C@@H]3CCCN3C(=O)[C@@H](NC(=O)[C@H](C)NC)C(C)C)cccc21)C(C)C. The van der Waals surface area contributed by atoms with Crippen molar-refractivity contribution in [3.8, 4) is 11.5 Å². The first kappa shape index (κ1) is 53.1. The van der Waals surface area contributed by atoms with Gasteiger partial charge in [-0.2, -0.15) is 0 Å². The Bertz CT molecular complexity index is 1970. The highest BCUT2D eigenvalue weighted by Gasteiger charge is 2.42. The van der Waals surface area contributed by atoms with Crippen LogP contribution in [0, 0.1) is 11.8 Å². The zero-order valence-electron chi connectivity index (χ0n) is 42.4. The van der Waals surface area contributed by atoms with Crippen molar-refractivity contribution in [1.29, 1.82) is 0 Å². The smallest absolute Gasteiger partial charge is 0.246 e. The summed E-state index contributed by atoms with van der Waals surface area (Å²) in [4.78, 5) is 84.1. The largest absolute Gasteiger partial charge is 0.493 e. The Morgan fingerprint density at radius 2 is 0.971 bits per heavy atom. The van der Waals surface area contributed by atoms with Gasteiger partial charge in [-0.25, -0.2) is 0 Å². The van der Waals surface area contributed by atoms with Gasteiger partial charge in [0.05, 0.1) is 37.4 Å². The molecule has 6 N–H and O–H groups in total. The van der Waals surface area contributed by atoms with Gasteiger partial charge in [0.2, 0.25) is 35.4 Å². The molecule has 0 radical (unpaired) electrons. The standard InChI is InChI=1S/C53H80N8O8/c1-32(2)46(58-48(62)34(5)54-7)52(66)60-28-16-24-42(60)50(64)56-40-22-12-20-38-36(40)18-14-26-44(38)68-30-10-9-11-31-69-45-27-15-19-37-39(45)21-13-23-41(37)57-51(65)43-25-17-29-61(43)53(67)47(33(3)4)59-49(63)35(6)55-8/h14-15,18-19,26-27,32-35,40-43,46-47,54-55H,9-13,16-17,20-25,28-31H2,1-8H3,(H,56,64)(H,57,65)(H,58,62)(H,59,63)/t34-,35-,40+,41+,42-,43-,46-,47?/m0/s1. The molecule has 4 aliphatic rings. The minimum Gasteiger partial charge on any atom is -0.493 e. The van der Waals surface area contributed by atoms with Gasteiger partial charge in [-0.3, -0.25) is 28.8 Å². The lowest BCUT2D eigenvalue weighted by molar-refractivity contribution is -0.142. The van der Waals surface area contributed by atoms with Gasteiger partial charge in [-0.05, 0) is 158 Å². The van der Waals surface area contributed by atoms with Crippen molar-refractivity contribution in [2.45, 2.75) is 173 Å². The Morgan fingerprint density at radius 1 is 0.565 bits per heavy atom. The van der Waals surface area contributed by atoms with Gasteiger partial charge in [0.15, 0.2) is 0 Å². The second kappa shape index (κ2) is 25.1. The fraction of sp³-hybridized carbons (Fsp3) is 0.660. The van der Waals surface area contributed by atoms with Crippen LogP contribution in [0.3, 0.4) is 0 Å². The van der Waals surface area contributed by atoms with Crippen molar-refractivity contribution in [2.75, 3.05) is 40.4 Å². The number of nitrogens with zero attached hydrogens (tertiary/aromatic N) is 2. The normalized spacial score (nSPS) is 21.7. The molecule has 0 saturated carbocycles. The average molecular weight is 957 g/mol. The molecule has 380 valence electrons. The first-order chi connectivity index (χ1) is 33.1. The number of benzene rings is 2. The molecule has 2 saturated heterocycles. The van der Waals surface area contributed by atoms with Crippen LogP contribution in [0.4, 0.5) is 0 Å². The number of carbonyl (C=O) groups is 6. The number of fused-ring (bicyclic) bond motifs is 2. The number of ether oxygens (including phenoxy) is 2. The molecule has 8 atom stereocenters.